The Bertz CT molecular complexity index is 1130. The van der Waals surface area contributed by atoms with Crippen molar-refractivity contribution in [3.8, 4) is 0 Å². The Morgan fingerprint density at radius 2 is 2.04 bits per heavy atom. The average molecular weight is 382 g/mol. The maximum atomic E-state index is 12.9. The molecule has 0 unspecified atom stereocenters. The summed E-state index contributed by atoms with van der Waals surface area (Å²) in [6, 6.07) is 6.76. The molecule has 8 heteroatoms. The smallest absolute Gasteiger partial charge is 0.277 e. The van der Waals surface area contributed by atoms with E-state index in [2.05, 4.69) is 22.4 Å². The molecule has 0 aliphatic heterocycles. The lowest BCUT2D eigenvalue weighted by atomic mass is 9.88. The third-order valence-electron chi connectivity index (χ3n) is 4.90. The molecule has 1 aromatic carbocycles. The van der Waals surface area contributed by atoms with Crippen LogP contribution in [0.2, 0.25) is 0 Å². The standard InChI is InChI=1S/C19H18N4O3S/c1-9-6-7-12-13(8-9)27-19(14(12)16(20)24)21-18(26)15-10-4-2-3-5-11(10)17(25)23-22-15/h2-5,9H,6-8H2,1H3,(H2,20,24)(H,21,26)(H,23,25)/t9-/m0/s1. The van der Waals surface area contributed by atoms with Gasteiger partial charge in [-0.15, -0.1) is 11.3 Å². The summed E-state index contributed by atoms with van der Waals surface area (Å²) in [5.41, 5.74) is 6.67. The number of hydrogen-bond donors (Lipinski definition) is 3. The molecule has 0 saturated heterocycles. The first-order chi connectivity index (χ1) is 13.0. The molecule has 3 aromatic rings. The van der Waals surface area contributed by atoms with E-state index in [9.17, 15) is 14.4 Å². The third kappa shape index (κ3) is 3.02. The number of aromatic nitrogens is 2. The summed E-state index contributed by atoms with van der Waals surface area (Å²) in [6.45, 7) is 2.17. The van der Waals surface area contributed by atoms with Gasteiger partial charge in [0.05, 0.1) is 10.9 Å². The fraction of sp³-hybridized carbons (Fsp3) is 0.263. The number of anilines is 1. The summed E-state index contributed by atoms with van der Waals surface area (Å²) < 4.78 is 0. The van der Waals surface area contributed by atoms with E-state index in [-0.39, 0.29) is 11.3 Å². The van der Waals surface area contributed by atoms with Gasteiger partial charge in [0.1, 0.15) is 5.00 Å². The van der Waals surface area contributed by atoms with Crippen molar-refractivity contribution in [2.45, 2.75) is 26.2 Å². The van der Waals surface area contributed by atoms with Crippen LogP contribution in [0.15, 0.2) is 29.1 Å². The van der Waals surface area contributed by atoms with Crippen LogP contribution in [0.5, 0.6) is 0 Å². The predicted molar refractivity (Wildman–Crippen MR) is 104 cm³/mol. The number of fused-ring (bicyclic) bond motifs is 2. The highest BCUT2D eigenvalue weighted by Crippen LogP contribution is 2.39. The highest BCUT2D eigenvalue weighted by atomic mass is 32.1. The maximum Gasteiger partial charge on any atom is 0.277 e. The van der Waals surface area contributed by atoms with Crippen LogP contribution in [-0.2, 0) is 12.8 Å². The molecule has 1 atom stereocenters. The topological polar surface area (TPSA) is 118 Å². The summed E-state index contributed by atoms with van der Waals surface area (Å²) in [5.74, 6) is -0.501. The van der Waals surface area contributed by atoms with E-state index >= 15 is 0 Å². The van der Waals surface area contributed by atoms with Crippen molar-refractivity contribution in [3.63, 3.8) is 0 Å². The molecule has 2 aromatic heterocycles. The number of nitrogens with two attached hydrogens (primary N) is 1. The van der Waals surface area contributed by atoms with Crippen molar-refractivity contribution in [3.05, 3.63) is 56.3 Å². The molecule has 4 N–H and O–H groups in total. The first-order valence-corrected chi connectivity index (χ1v) is 9.50. The quantitative estimate of drug-likeness (QED) is 0.645. The van der Waals surface area contributed by atoms with E-state index in [0.29, 0.717) is 27.3 Å². The average Bonchev–Trinajstić information content (AvgIpc) is 2.99. The predicted octanol–water partition coefficient (Wildman–Crippen LogP) is 2.46. The molecule has 27 heavy (non-hydrogen) atoms. The van der Waals surface area contributed by atoms with E-state index in [1.807, 2.05) is 0 Å². The van der Waals surface area contributed by atoms with Gasteiger partial charge in [0, 0.05) is 10.3 Å². The highest BCUT2D eigenvalue weighted by molar-refractivity contribution is 7.17. The Kier molecular flexibility index (Phi) is 4.27. The van der Waals surface area contributed by atoms with Crippen molar-refractivity contribution in [2.24, 2.45) is 11.7 Å². The van der Waals surface area contributed by atoms with Crippen molar-refractivity contribution in [1.29, 1.82) is 0 Å². The number of H-pyrrole nitrogens is 1. The SMILES string of the molecule is C[C@H]1CCc2c(sc(NC(=O)c3n[nH]c(=O)c4ccccc34)c2C(N)=O)C1. The number of carbonyl (C=O) groups is 2. The molecule has 138 valence electrons. The van der Waals surface area contributed by atoms with Gasteiger partial charge in [0.25, 0.3) is 17.4 Å². The Hall–Kier alpha value is -3.00. The lowest BCUT2D eigenvalue weighted by Gasteiger charge is -2.18. The first kappa shape index (κ1) is 17.4. The van der Waals surface area contributed by atoms with Crippen LogP contribution in [0, 0.1) is 5.92 Å². The Morgan fingerprint density at radius 3 is 2.78 bits per heavy atom. The van der Waals surface area contributed by atoms with Gasteiger partial charge in [-0.1, -0.05) is 25.1 Å². The molecule has 0 fully saturated rings. The van der Waals surface area contributed by atoms with Crippen molar-refractivity contribution >= 4 is 38.9 Å². The lowest BCUT2D eigenvalue weighted by molar-refractivity contribution is 0.1000. The van der Waals surface area contributed by atoms with E-state index in [1.165, 1.54) is 11.3 Å². The molecule has 0 radical (unpaired) electrons. The number of primary amides is 1. The monoisotopic (exact) mass is 382 g/mol. The van der Waals surface area contributed by atoms with E-state index in [1.54, 1.807) is 24.3 Å². The number of nitrogens with zero attached hydrogens (tertiary/aromatic N) is 1. The van der Waals surface area contributed by atoms with Crippen LogP contribution in [0.4, 0.5) is 5.00 Å². The number of benzene rings is 1. The molecule has 2 heterocycles. The first-order valence-electron chi connectivity index (χ1n) is 8.68. The number of aromatic amines is 1. The van der Waals surface area contributed by atoms with Crippen molar-refractivity contribution in [1.82, 2.24) is 10.2 Å². The van der Waals surface area contributed by atoms with Crippen LogP contribution in [-0.4, -0.2) is 22.0 Å². The van der Waals surface area contributed by atoms with Crippen LogP contribution in [0.1, 0.15) is 44.6 Å². The summed E-state index contributed by atoms with van der Waals surface area (Å²) in [7, 11) is 0. The fourth-order valence-corrected chi connectivity index (χ4v) is 4.96. The van der Waals surface area contributed by atoms with E-state index in [0.717, 1.165) is 29.7 Å². The molecule has 0 spiro atoms. The molecule has 1 aliphatic rings. The molecule has 0 saturated carbocycles. The zero-order valence-corrected chi connectivity index (χ0v) is 15.5. The summed E-state index contributed by atoms with van der Waals surface area (Å²) >= 11 is 1.39. The zero-order valence-electron chi connectivity index (χ0n) is 14.7. The number of amides is 2. The summed E-state index contributed by atoms with van der Waals surface area (Å²) in [6.07, 6.45) is 2.64. The van der Waals surface area contributed by atoms with Crippen molar-refractivity contribution < 1.29 is 9.59 Å². The number of nitrogens with one attached hydrogen (secondary N) is 2. The zero-order chi connectivity index (χ0) is 19.1. The van der Waals surface area contributed by atoms with Gasteiger partial charge in [0.15, 0.2) is 5.69 Å². The highest BCUT2D eigenvalue weighted by Gasteiger charge is 2.28. The van der Waals surface area contributed by atoms with Crippen LogP contribution in [0.25, 0.3) is 10.8 Å². The Labute approximate surface area is 158 Å². The maximum absolute atomic E-state index is 12.9. The molecule has 1 aliphatic carbocycles. The van der Waals surface area contributed by atoms with Crippen LogP contribution >= 0.6 is 11.3 Å². The van der Waals surface area contributed by atoms with Gasteiger partial charge in [-0.2, -0.15) is 5.10 Å². The summed E-state index contributed by atoms with van der Waals surface area (Å²) in [5, 5.41) is 10.3. The lowest BCUT2D eigenvalue weighted by Crippen LogP contribution is -2.21. The normalized spacial score (nSPS) is 16.1. The van der Waals surface area contributed by atoms with Gasteiger partial charge < -0.3 is 11.1 Å². The van der Waals surface area contributed by atoms with Gasteiger partial charge in [-0.05, 0) is 36.8 Å². The van der Waals surface area contributed by atoms with Gasteiger partial charge in [0.2, 0.25) is 0 Å². The number of carbonyl (C=O) groups excluding carboxylic acids is 2. The van der Waals surface area contributed by atoms with Crippen molar-refractivity contribution in [2.75, 3.05) is 5.32 Å². The largest absolute Gasteiger partial charge is 0.365 e. The second-order valence-corrected chi connectivity index (χ2v) is 7.93. The minimum absolute atomic E-state index is 0.0976. The molecule has 2 amide bonds. The number of hydrogen-bond acceptors (Lipinski definition) is 5. The third-order valence-corrected chi connectivity index (χ3v) is 6.07. The number of thiophene rings is 1. The van der Waals surface area contributed by atoms with Crippen LogP contribution in [0.3, 0.4) is 0 Å². The molecule has 4 rings (SSSR count). The van der Waals surface area contributed by atoms with Crippen LogP contribution < -0.4 is 16.6 Å². The Morgan fingerprint density at radius 1 is 1.30 bits per heavy atom. The van der Waals surface area contributed by atoms with Gasteiger partial charge in [-0.3, -0.25) is 14.4 Å². The minimum atomic E-state index is -0.545. The second-order valence-electron chi connectivity index (χ2n) is 6.82. The molecular formula is C19H18N4O3S. The minimum Gasteiger partial charge on any atom is -0.365 e. The molecule has 7 nitrogen and oxygen atoms in total. The molecule has 0 bridgehead atoms. The fourth-order valence-electron chi connectivity index (χ4n) is 3.55. The van der Waals surface area contributed by atoms with Gasteiger partial charge >= 0.3 is 0 Å². The Balaban J connectivity index is 1.75. The van der Waals surface area contributed by atoms with E-state index < -0.39 is 11.8 Å². The van der Waals surface area contributed by atoms with Gasteiger partial charge in [-0.25, -0.2) is 5.10 Å². The second kappa shape index (κ2) is 6.62. The summed E-state index contributed by atoms with van der Waals surface area (Å²) in [4.78, 5) is 37.9. The number of rotatable bonds is 3. The van der Waals surface area contributed by atoms with E-state index in [4.69, 9.17) is 5.73 Å². The molecular weight excluding hydrogens is 364 g/mol.